The summed E-state index contributed by atoms with van der Waals surface area (Å²) in [6, 6.07) is 6.78. The minimum absolute atomic E-state index is 0.0817. The SMILES string of the molecule is CC(CO)NC(=O)NCc1ccc(NC(=O)C2CC2)cc1. The Kier molecular flexibility index (Phi) is 5.16. The summed E-state index contributed by atoms with van der Waals surface area (Å²) in [6.07, 6.45) is 1.96. The second-order valence-corrected chi connectivity index (χ2v) is 5.37. The molecule has 1 aliphatic rings. The Labute approximate surface area is 123 Å². The van der Waals surface area contributed by atoms with Gasteiger partial charge in [0.05, 0.1) is 12.6 Å². The number of carbonyl (C=O) groups is 2. The van der Waals surface area contributed by atoms with Crippen molar-refractivity contribution in [3.63, 3.8) is 0 Å². The van der Waals surface area contributed by atoms with Gasteiger partial charge < -0.3 is 21.1 Å². The molecule has 0 bridgehead atoms. The zero-order chi connectivity index (χ0) is 15.2. The van der Waals surface area contributed by atoms with Crippen LogP contribution >= 0.6 is 0 Å². The van der Waals surface area contributed by atoms with Gasteiger partial charge in [0.15, 0.2) is 0 Å². The summed E-state index contributed by atoms with van der Waals surface area (Å²) >= 11 is 0. The lowest BCUT2D eigenvalue weighted by Gasteiger charge is -2.12. The second-order valence-electron chi connectivity index (χ2n) is 5.37. The molecule has 1 aliphatic carbocycles. The molecule has 1 fully saturated rings. The average molecular weight is 291 g/mol. The number of aliphatic hydroxyl groups is 1. The molecular formula is C15H21N3O3. The summed E-state index contributed by atoms with van der Waals surface area (Å²) in [5, 5.41) is 17.0. The molecule has 1 unspecified atom stereocenters. The number of anilines is 1. The van der Waals surface area contributed by atoms with E-state index in [-0.39, 0.29) is 30.5 Å². The van der Waals surface area contributed by atoms with Crippen LogP contribution in [-0.4, -0.2) is 29.7 Å². The van der Waals surface area contributed by atoms with Crippen molar-refractivity contribution in [1.29, 1.82) is 0 Å². The molecule has 1 aromatic carbocycles. The third-order valence-electron chi connectivity index (χ3n) is 3.27. The molecule has 0 spiro atoms. The summed E-state index contributed by atoms with van der Waals surface area (Å²) in [4.78, 5) is 23.1. The van der Waals surface area contributed by atoms with E-state index in [0.29, 0.717) is 6.54 Å². The maximum Gasteiger partial charge on any atom is 0.315 e. The zero-order valence-electron chi connectivity index (χ0n) is 12.1. The van der Waals surface area contributed by atoms with Crippen molar-refractivity contribution in [1.82, 2.24) is 10.6 Å². The van der Waals surface area contributed by atoms with Gasteiger partial charge in [0.2, 0.25) is 5.91 Å². The minimum atomic E-state index is -0.317. The minimum Gasteiger partial charge on any atom is -0.394 e. The first kappa shape index (κ1) is 15.3. The Morgan fingerprint density at radius 2 is 1.95 bits per heavy atom. The Balaban J connectivity index is 1.76. The average Bonchev–Trinajstić information content (AvgIpc) is 3.31. The predicted molar refractivity (Wildman–Crippen MR) is 79.7 cm³/mol. The number of urea groups is 1. The molecular weight excluding hydrogens is 270 g/mol. The first-order valence-corrected chi connectivity index (χ1v) is 7.13. The molecule has 114 valence electrons. The molecule has 6 heteroatoms. The number of hydrogen-bond donors (Lipinski definition) is 4. The van der Waals surface area contributed by atoms with Gasteiger partial charge in [-0.3, -0.25) is 4.79 Å². The maximum absolute atomic E-state index is 11.6. The first-order chi connectivity index (χ1) is 10.1. The third kappa shape index (κ3) is 5.07. The van der Waals surface area contributed by atoms with Gasteiger partial charge >= 0.3 is 6.03 Å². The zero-order valence-corrected chi connectivity index (χ0v) is 12.1. The van der Waals surface area contributed by atoms with E-state index in [0.717, 1.165) is 24.1 Å². The van der Waals surface area contributed by atoms with Gasteiger partial charge in [-0.15, -0.1) is 0 Å². The fraction of sp³-hybridized carbons (Fsp3) is 0.467. The molecule has 21 heavy (non-hydrogen) atoms. The van der Waals surface area contributed by atoms with E-state index >= 15 is 0 Å². The molecule has 1 aromatic rings. The summed E-state index contributed by atoms with van der Waals surface area (Å²) in [7, 11) is 0. The molecule has 0 saturated heterocycles. The lowest BCUT2D eigenvalue weighted by molar-refractivity contribution is -0.117. The van der Waals surface area contributed by atoms with Gasteiger partial charge in [-0.05, 0) is 37.5 Å². The van der Waals surface area contributed by atoms with Crippen molar-refractivity contribution in [2.24, 2.45) is 5.92 Å². The molecule has 0 radical (unpaired) electrons. The fourth-order valence-electron chi connectivity index (χ4n) is 1.80. The molecule has 3 amide bonds. The lowest BCUT2D eigenvalue weighted by atomic mass is 10.2. The van der Waals surface area contributed by atoms with E-state index in [9.17, 15) is 9.59 Å². The molecule has 0 aromatic heterocycles. The molecule has 4 N–H and O–H groups in total. The maximum atomic E-state index is 11.6. The summed E-state index contributed by atoms with van der Waals surface area (Å²) < 4.78 is 0. The van der Waals surface area contributed by atoms with Crippen LogP contribution in [0.1, 0.15) is 25.3 Å². The lowest BCUT2D eigenvalue weighted by Crippen LogP contribution is -2.41. The van der Waals surface area contributed by atoms with Crippen LogP contribution < -0.4 is 16.0 Å². The Morgan fingerprint density at radius 1 is 1.29 bits per heavy atom. The van der Waals surface area contributed by atoms with Crippen molar-refractivity contribution in [3.8, 4) is 0 Å². The number of hydrogen-bond acceptors (Lipinski definition) is 3. The Morgan fingerprint density at radius 3 is 2.52 bits per heavy atom. The van der Waals surface area contributed by atoms with E-state index in [2.05, 4.69) is 16.0 Å². The van der Waals surface area contributed by atoms with Crippen LogP contribution in [0, 0.1) is 5.92 Å². The molecule has 1 saturated carbocycles. The largest absolute Gasteiger partial charge is 0.394 e. The molecule has 0 heterocycles. The van der Waals surface area contributed by atoms with Crippen molar-refractivity contribution >= 4 is 17.6 Å². The monoisotopic (exact) mass is 291 g/mol. The number of aliphatic hydroxyl groups excluding tert-OH is 1. The second kappa shape index (κ2) is 7.08. The van der Waals surface area contributed by atoms with E-state index in [1.165, 1.54) is 0 Å². The topological polar surface area (TPSA) is 90.5 Å². The Bertz CT molecular complexity index is 497. The van der Waals surface area contributed by atoms with Crippen LogP contribution in [0.4, 0.5) is 10.5 Å². The van der Waals surface area contributed by atoms with Crippen molar-refractivity contribution in [2.45, 2.75) is 32.4 Å². The predicted octanol–water partition coefficient (Wildman–Crippen LogP) is 1.22. The van der Waals surface area contributed by atoms with Crippen LogP contribution in [0.15, 0.2) is 24.3 Å². The Hall–Kier alpha value is -2.08. The number of nitrogens with one attached hydrogen (secondary N) is 3. The van der Waals surface area contributed by atoms with Crippen molar-refractivity contribution in [3.05, 3.63) is 29.8 Å². The first-order valence-electron chi connectivity index (χ1n) is 7.13. The molecule has 6 nitrogen and oxygen atoms in total. The van der Waals surface area contributed by atoms with Gasteiger partial charge in [0.1, 0.15) is 0 Å². The van der Waals surface area contributed by atoms with Crippen LogP contribution in [0.3, 0.4) is 0 Å². The van der Waals surface area contributed by atoms with E-state index < -0.39 is 0 Å². The van der Waals surface area contributed by atoms with E-state index in [1.54, 1.807) is 6.92 Å². The van der Waals surface area contributed by atoms with Gasteiger partial charge in [0, 0.05) is 18.2 Å². The number of amides is 3. The van der Waals surface area contributed by atoms with E-state index in [1.807, 2.05) is 24.3 Å². The number of carbonyl (C=O) groups excluding carboxylic acids is 2. The quantitative estimate of drug-likeness (QED) is 0.635. The standard InChI is InChI=1S/C15H21N3O3/c1-10(9-19)17-15(21)16-8-11-2-6-13(7-3-11)18-14(20)12-4-5-12/h2-3,6-7,10,12,19H,4-5,8-9H2,1H3,(H,18,20)(H2,16,17,21). The van der Waals surface area contributed by atoms with Crippen molar-refractivity contribution < 1.29 is 14.7 Å². The smallest absolute Gasteiger partial charge is 0.315 e. The molecule has 0 aliphatic heterocycles. The highest BCUT2D eigenvalue weighted by atomic mass is 16.3. The van der Waals surface area contributed by atoms with Crippen LogP contribution in [0.2, 0.25) is 0 Å². The summed E-state index contributed by atoms with van der Waals surface area (Å²) in [5.41, 5.74) is 1.71. The molecule has 1 atom stereocenters. The van der Waals surface area contributed by atoms with E-state index in [4.69, 9.17) is 5.11 Å². The highest BCUT2D eigenvalue weighted by Gasteiger charge is 2.29. The van der Waals surface area contributed by atoms with Crippen LogP contribution in [0.5, 0.6) is 0 Å². The van der Waals surface area contributed by atoms with Gasteiger partial charge in [-0.1, -0.05) is 12.1 Å². The van der Waals surface area contributed by atoms with Gasteiger partial charge in [-0.25, -0.2) is 4.79 Å². The number of benzene rings is 1. The van der Waals surface area contributed by atoms with Crippen LogP contribution in [0.25, 0.3) is 0 Å². The summed E-state index contributed by atoms with van der Waals surface area (Å²) in [6.45, 7) is 2.01. The van der Waals surface area contributed by atoms with Crippen molar-refractivity contribution in [2.75, 3.05) is 11.9 Å². The van der Waals surface area contributed by atoms with Crippen LogP contribution in [-0.2, 0) is 11.3 Å². The fourth-order valence-corrected chi connectivity index (χ4v) is 1.80. The normalized spacial score (nSPS) is 15.1. The van der Waals surface area contributed by atoms with Gasteiger partial charge in [-0.2, -0.15) is 0 Å². The molecule has 2 rings (SSSR count). The number of rotatable bonds is 6. The highest BCUT2D eigenvalue weighted by Crippen LogP contribution is 2.30. The highest BCUT2D eigenvalue weighted by molar-refractivity contribution is 5.94. The summed E-state index contributed by atoms with van der Waals surface area (Å²) in [5.74, 6) is 0.266. The van der Waals surface area contributed by atoms with Gasteiger partial charge in [0.25, 0.3) is 0 Å². The third-order valence-corrected chi connectivity index (χ3v) is 3.27.